The zero-order chi connectivity index (χ0) is 11.1. The first-order valence-corrected chi connectivity index (χ1v) is 7.05. The Morgan fingerprint density at radius 3 is 1.36 bits per heavy atom. The molecule has 7 nitrogen and oxygen atoms in total. The van der Waals surface area contributed by atoms with Gasteiger partial charge in [0.25, 0.3) is 0 Å². The second-order valence-corrected chi connectivity index (χ2v) is 6.42. The molecule has 0 unspecified atom stereocenters. The van der Waals surface area contributed by atoms with Crippen LogP contribution >= 0.6 is 0 Å². The van der Waals surface area contributed by atoms with Gasteiger partial charge in [0.05, 0.1) is 12.5 Å². The predicted molar refractivity (Wildman–Crippen MR) is 49.2 cm³/mol. The first-order valence-electron chi connectivity index (χ1n) is 3.35. The van der Waals surface area contributed by atoms with Crippen LogP contribution < -0.4 is 5.69 Å². The van der Waals surface area contributed by atoms with Crippen molar-refractivity contribution in [3.63, 3.8) is 0 Å². The van der Waals surface area contributed by atoms with Crippen molar-refractivity contribution >= 4 is 20.0 Å². The highest BCUT2D eigenvalue weighted by Crippen LogP contribution is 1.93. The third kappa shape index (κ3) is 1.87. The number of hydrogen-bond donors (Lipinski definition) is 0. The molecule has 1 heterocycles. The van der Waals surface area contributed by atoms with E-state index in [9.17, 15) is 21.6 Å². The third-order valence-corrected chi connectivity index (χ3v) is 3.41. The number of imidazole rings is 1. The van der Waals surface area contributed by atoms with E-state index in [0.29, 0.717) is 7.94 Å². The Balaban J connectivity index is 3.63. The number of rotatable bonds is 2. The van der Waals surface area contributed by atoms with Gasteiger partial charge in [-0.15, -0.1) is 0 Å². The van der Waals surface area contributed by atoms with Crippen molar-refractivity contribution in [2.75, 3.05) is 12.5 Å². The van der Waals surface area contributed by atoms with Crippen LogP contribution in [0.2, 0.25) is 0 Å². The highest BCUT2D eigenvalue weighted by molar-refractivity contribution is 7.89. The summed E-state index contributed by atoms with van der Waals surface area (Å²) in [6, 6.07) is 0. The van der Waals surface area contributed by atoms with E-state index in [4.69, 9.17) is 0 Å². The van der Waals surface area contributed by atoms with Gasteiger partial charge in [-0.3, -0.25) is 0 Å². The van der Waals surface area contributed by atoms with Crippen molar-refractivity contribution in [3.8, 4) is 0 Å². The van der Waals surface area contributed by atoms with Crippen molar-refractivity contribution in [1.82, 2.24) is 7.94 Å². The summed E-state index contributed by atoms with van der Waals surface area (Å²) in [7, 11) is -7.51. The second kappa shape index (κ2) is 2.95. The third-order valence-electron chi connectivity index (χ3n) is 1.43. The van der Waals surface area contributed by atoms with Gasteiger partial charge in [0.1, 0.15) is 0 Å². The Kier molecular flexibility index (Phi) is 2.32. The van der Waals surface area contributed by atoms with Crippen LogP contribution in [-0.4, -0.2) is 37.3 Å². The van der Waals surface area contributed by atoms with Gasteiger partial charge in [-0.1, -0.05) is 0 Å². The van der Waals surface area contributed by atoms with Crippen LogP contribution in [0.4, 0.5) is 0 Å². The molecule has 0 spiro atoms. The van der Waals surface area contributed by atoms with E-state index in [2.05, 4.69) is 0 Å². The fraction of sp³-hybridized carbons (Fsp3) is 0.400. The smallest absolute Gasteiger partial charge is 0.245 e. The molecule has 0 radical (unpaired) electrons. The summed E-state index contributed by atoms with van der Waals surface area (Å²) in [5, 5.41) is 0. The Morgan fingerprint density at radius 1 is 0.929 bits per heavy atom. The topological polar surface area (TPSA) is 95.2 Å². The molecule has 0 amide bonds. The normalized spacial score (nSPS) is 13.0. The molecule has 0 bridgehead atoms. The van der Waals surface area contributed by atoms with E-state index in [1.54, 1.807) is 0 Å². The van der Waals surface area contributed by atoms with Crippen LogP contribution in [0.1, 0.15) is 0 Å². The first-order chi connectivity index (χ1) is 6.14. The molecule has 14 heavy (non-hydrogen) atoms. The Labute approximate surface area is 80.7 Å². The lowest BCUT2D eigenvalue weighted by Gasteiger charge is -1.96. The SMILES string of the molecule is CS(=O)(=O)n1ccn(S(C)(=O)=O)c1=O. The summed E-state index contributed by atoms with van der Waals surface area (Å²) in [5.41, 5.74) is -1.12. The summed E-state index contributed by atoms with van der Waals surface area (Å²) in [5.74, 6) is 0. The van der Waals surface area contributed by atoms with Crippen molar-refractivity contribution in [3.05, 3.63) is 22.9 Å². The molecule has 0 N–H and O–H groups in total. The Morgan fingerprint density at radius 2 is 1.21 bits per heavy atom. The van der Waals surface area contributed by atoms with Crippen LogP contribution in [0.5, 0.6) is 0 Å². The monoisotopic (exact) mass is 240 g/mol. The van der Waals surface area contributed by atoms with E-state index in [1.807, 2.05) is 0 Å². The van der Waals surface area contributed by atoms with Gasteiger partial charge in [0.15, 0.2) is 0 Å². The van der Waals surface area contributed by atoms with Gasteiger partial charge in [0, 0.05) is 12.4 Å². The van der Waals surface area contributed by atoms with E-state index in [1.165, 1.54) is 0 Å². The van der Waals surface area contributed by atoms with Crippen molar-refractivity contribution < 1.29 is 16.8 Å². The van der Waals surface area contributed by atoms with Crippen molar-refractivity contribution in [2.45, 2.75) is 0 Å². The van der Waals surface area contributed by atoms with Gasteiger partial charge >= 0.3 is 5.69 Å². The van der Waals surface area contributed by atoms with Crippen LogP contribution in [0.3, 0.4) is 0 Å². The molecule has 0 aliphatic carbocycles. The maximum Gasteiger partial charge on any atom is 0.355 e. The number of hydrogen-bond acceptors (Lipinski definition) is 5. The molecule has 0 aromatic carbocycles. The summed E-state index contributed by atoms with van der Waals surface area (Å²) in [4.78, 5) is 11.2. The van der Waals surface area contributed by atoms with Gasteiger partial charge < -0.3 is 0 Å². The molecular weight excluding hydrogens is 232 g/mol. The van der Waals surface area contributed by atoms with E-state index < -0.39 is 25.7 Å². The molecule has 0 fully saturated rings. The Bertz CT molecular complexity index is 550. The minimum absolute atomic E-state index is 0.355. The minimum Gasteiger partial charge on any atom is -0.245 e. The largest absolute Gasteiger partial charge is 0.355 e. The van der Waals surface area contributed by atoms with Gasteiger partial charge in [-0.25, -0.2) is 21.6 Å². The highest BCUT2D eigenvalue weighted by Gasteiger charge is 2.16. The van der Waals surface area contributed by atoms with Crippen molar-refractivity contribution in [2.24, 2.45) is 0 Å². The van der Waals surface area contributed by atoms with Gasteiger partial charge in [-0.05, 0) is 0 Å². The summed E-state index contributed by atoms with van der Waals surface area (Å²) in [6.45, 7) is 0. The lowest BCUT2D eigenvalue weighted by atomic mass is 11.0. The molecule has 0 aliphatic rings. The van der Waals surface area contributed by atoms with Crippen LogP contribution in [0.15, 0.2) is 17.2 Å². The highest BCUT2D eigenvalue weighted by atomic mass is 32.2. The molecular formula is C5H8N2O5S2. The zero-order valence-corrected chi connectivity index (χ0v) is 9.04. The molecule has 1 rings (SSSR count). The molecule has 1 aromatic heterocycles. The standard InChI is InChI=1S/C5H8N2O5S2/c1-13(9,10)6-3-4-7(5(6)8)14(2,11)12/h3-4H,1-2H3. The number of aromatic nitrogens is 2. The summed E-state index contributed by atoms with van der Waals surface area (Å²) >= 11 is 0. The maximum atomic E-state index is 11.2. The minimum atomic E-state index is -3.75. The molecule has 0 atom stereocenters. The molecule has 0 saturated carbocycles. The fourth-order valence-electron chi connectivity index (χ4n) is 0.851. The quantitative estimate of drug-likeness (QED) is 0.612. The van der Waals surface area contributed by atoms with E-state index >= 15 is 0 Å². The maximum absolute atomic E-state index is 11.2. The van der Waals surface area contributed by atoms with Gasteiger partial charge in [-0.2, -0.15) is 7.94 Å². The molecule has 9 heteroatoms. The predicted octanol–water partition coefficient (Wildman–Crippen LogP) is -1.73. The fourth-order valence-corrected chi connectivity index (χ4v) is 2.20. The summed E-state index contributed by atoms with van der Waals surface area (Å²) in [6.07, 6.45) is 3.39. The zero-order valence-electron chi connectivity index (χ0n) is 7.41. The number of nitrogens with zero attached hydrogens (tertiary/aromatic N) is 2. The average Bonchev–Trinajstić information content (AvgIpc) is 2.26. The van der Waals surface area contributed by atoms with Crippen LogP contribution in [0, 0.1) is 0 Å². The van der Waals surface area contributed by atoms with E-state index in [-0.39, 0.29) is 0 Å². The second-order valence-electron chi connectivity index (χ2n) is 2.70. The van der Waals surface area contributed by atoms with E-state index in [0.717, 1.165) is 24.9 Å². The lowest BCUT2D eigenvalue weighted by Crippen LogP contribution is -2.31. The molecule has 1 aromatic rings. The molecule has 80 valence electrons. The lowest BCUT2D eigenvalue weighted by molar-refractivity contribution is 0.587. The summed E-state index contributed by atoms with van der Waals surface area (Å²) < 4.78 is 44.5. The van der Waals surface area contributed by atoms with Gasteiger partial charge in [0.2, 0.25) is 20.0 Å². The first kappa shape index (κ1) is 11.0. The Hall–Kier alpha value is -1.09. The van der Waals surface area contributed by atoms with Crippen LogP contribution in [-0.2, 0) is 20.0 Å². The van der Waals surface area contributed by atoms with Crippen LogP contribution in [0.25, 0.3) is 0 Å². The average molecular weight is 240 g/mol. The van der Waals surface area contributed by atoms with Crippen molar-refractivity contribution in [1.29, 1.82) is 0 Å². The molecule has 0 saturated heterocycles. The molecule has 0 aliphatic heterocycles.